The topological polar surface area (TPSA) is 59.1 Å². The number of nitrogens with zero attached hydrogens (tertiary/aromatic N) is 2. The predicted molar refractivity (Wildman–Crippen MR) is 78.0 cm³/mol. The van der Waals surface area contributed by atoms with Crippen LogP contribution in [0.2, 0.25) is 0 Å². The molecule has 1 saturated heterocycles. The SMILES string of the molecule is C[C@@H]1C[C@H](C)CC2(C1)CN(C(=O)OCCN(C)C)C(=O)O2. The Hall–Kier alpha value is -1.30. The maximum absolute atomic E-state index is 12.0. The number of carbonyl (C=O) groups excluding carboxylic acids is 2. The van der Waals surface area contributed by atoms with Gasteiger partial charge in [0.1, 0.15) is 12.2 Å². The van der Waals surface area contributed by atoms with Crippen molar-refractivity contribution in [3.05, 3.63) is 0 Å². The molecule has 2 aliphatic rings. The fraction of sp³-hybridized carbons (Fsp3) is 0.867. The van der Waals surface area contributed by atoms with Gasteiger partial charge in [0, 0.05) is 6.54 Å². The van der Waals surface area contributed by atoms with Gasteiger partial charge in [-0.2, -0.15) is 0 Å². The number of rotatable bonds is 3. The molecule has 0 aromatic carbocycles. The van der Waals surface area contributed by atoms with Crippen molar-refractivity contribution in [1.29, 1.82) is 0 Å². The van der Waals surface area contributed by atoms with Crippen molar-refractivity contribution in [2.24, 2.45) is 11.8 Å². The summed E-state index contributed by atoms with van der Waals surface area (Å²) in [5.41, 5.74) is -0.505. The van der Waals surface area contributed by atoms with E-state index in [0.717, 1.165) is 24.2 Å². The summed E-state index contributed by atoms with van der Waals surface area (Å²) in [4.78, 5) is 27.0. The molecule has 21 heavy (non-hydrogen) atoms. The molecule has 6 nitrogen and oxygen atoms in total. The van der Waals surface area contributed by atoms with Crippen molar-refractivity contribution in [2.45, 2.75) is 38.7 Å². The first-order valence-electron chi connectivity index (χ1n) is 7.63. The van der Waals surface area contributed by atoms with Crippen LogP contribution in [-0.2, 0) is 9.47 Å². The van der Waals surface area contributed by atoms with Crippen LogP contribution in [0, 0.1) is 11.8 Å². The maximum atomic E-state index is 12.0. The number of imide groups is 1. The summed E-state index contributed by atoms with van der Waals surface area (Å²) in [6.45, 7) is 5.57. The minimum atomic E-state index is -0.593. The second-order valence-electron chi connectivity index (χ2n) is 6.91. The lowest BCUT2D eigenvalue weighted by Gasteiger charge is -2.37. The third-order valence-corrected chi connectivity index (χ3v) is 4.20. The number of carbonyl (C=O) groups is 2. The van der Waals surface area contributed by atoms with Gasteiger partial charge in [0.25, 0.3) is 0 Å². The average Bonchev–Trinajstić information content (AvgIpc) is 2.63. The number of hydrogen-bond donors (Lipinski definition) is 0. The van der Waals surface area contributed by atoms with Crippen LogP contribution in [0.5, 0.6) is 0 Å². The van der Waals surface area contributed by atoms with E-state index in [-0.39, 0.29) is 6.61 Å². The molecular formula is C15H26N2O4. The molecule has 1 unspecified atom stereocenters. The Kier molecular flexibility index (Phi) is 4.76. The van der Waals surface area contributed by atoms with Gasteiger partial charge in [-0.15, -0.1) is 0 Å². The zero-order chi connectivity index (χ0) is 15.6. The molecular weight excluding hydrogens is 272 g/mol. The predicted octanol–water partition coefficient (Wildman–Crippen LogP) is 2.33. The van der Waals surface area contributed by atoms with Crippen molar-refractivity contribution < 1.29 is 19.1 Å². The fourth-order valence-electron chi connectivity index (χ4n) is 3.58. The van der Waals surface area contributed by atoms with Gasteiger partial charge in [0.15, 0.2) is 0 Å². The van der Waals surface area contributed by atoms with Crippen LogP contribution < -0.4 is 0 Å². The Morgan fingerprint density at radius 1 is 1.38 bits per heavy atom. The molecule has 1 heterocycles. The molecule has 6 heteroatoms. The molecule has 0 aromatic heterocycles. The first-order chi connectivity index (χ1) is 9.81. The van der Waals surface area contributed by atoms with E-state index in [2.05, 4.69) is 13.8 Å². The van der Waals surface area contributed by atoms with Gasteiger partial charge in [0.2, 0.25) is 0 Å². The molecule has 1 aliphatic carbocycles. The van der Waals surface area contributed by atoms with Crippen LogP contribution in [-0.4, -0.2) is 61.4 Å². The summed E-state index contributed by atoms with van der Waals surface area (Å²) in [6.07, 6.45) is 1.64. The van der Waals surface area contributed by atoms with Gasteiger partial charge in [0.05, 0.1) is 6.54 Å². The lowest BCUT2D eigenvalue weighted by molar-refractivity contribution is -0.00766. The Morgan fingerprint density at radius 3 is 2.57 bits per heavy atom. The summed E-state index contributed by atoms with van der Waals surface area (Å²) < 4.78 is 10.7. The molecule has 1 spiro atoms. The molecule has 0 aromatic rings. The Balaban J connectivity index is 1.94. The molecule has 0 bridgehead atoms. The molecule has 2 amide bonds. The normalized spacial score (nSPS) is 32.6. The molecule has 1 aliphatic heterocycles. The summed E-state index contributed by atoms with van der Waals surface area (Å²) in [5, 5.41) is 0. The van der Waals surface area contributed by atoms with Gasteiger partial charge >= 0.3 is 12.2 Å². The standard InChI is InChI=1S/C15H26N2O4/c1-11-7-12(2)9-15(8-11)10-17(14(19)21-15)13(18)20-6-5-16(3)4/h11-12H,5-10H2,1-4H3/t11-,12+,15?. The lowest BCUT2D eigenvalue weighted by atomic mass is 9.74. The van der Waals surface area contributed by atoms with E-state index in [1.165, 1.54) is 0 Å². The minimum Gasteiger partial charge on any atom is -0.448 e. The van der Waals surface area contributed by atoms with Crippen LogP contribution in [0.4, 0.5) is 9.59 Å². The monoisotopic (exact) mass is 298 g/mol. The third kappa shape index (κ3) is 3.87. The molecule has 2 fully saturated rings. The van der Waals surface area contributed by atoms with Crippen molar-refractivity contribution in [2.75, 3.05) is 33.8 Å². The number of ether oxygens (including phenoxy) is 2. The van der Waals surface area contributed by atoms with Crippen LogP contribution >= 0.6 is 0 Å². The Bertz CT molecular complexity index is 400. The van der Waals surface area contributed by atoms with E-state index < -0.39 is 17.8 Å². The van der Waals surface area contributed by atoms with Crippen LogP contribution in [0.15, 0.2) is 0 Å². The molecule has 2 rings (SSSR count). The van der Waals surface area contributed by atoms with Crippen molar-refractivity contribution >= 4 is 12.2 Å². The second-order valence-corrected chi connectivity index (χ2v) is 6.91. The van der Waals surface area contributed by atoms with E-state index in [9.17, 15) is 9.59 Å². The van der Waals surface area contributed by atoms with Gasteiger partial charge in [-0.25, -0.2) is 14.5 Å². The van der Waals surface area contributed by atoms with E-state index in [1.807, 2.05) is 19.0 Å². The fourth-order valence-corrected chi connectivity index (χ4v) is 3.58. The number of amides is 2. The maximum Gasteiger partial charge on any atom is 0.420 e. The average molecular weight is 298 g/mol. The van der Waals surface area contributed by atoms with Gasteiger partial charge < -0.3 is 14.4 Å². The molecule has 0 radical (unpaired) electrons. The van der Waals surface area contributed by atoms with Gasteiger partial charge in [-0.1, -0.05) is 13.8 Å². The summed E-state index contributed by atoms with van der Waals surface area (Å²) in [6, 6.07) is 0. The van der Waals surface area contributed by atoms with Crippen LogP contribution in [0.25, 0.3) is 0 Å². The number of likely N-dealkylation sites (N-methyl/N-ethyl adjacent to an activating group) is 1. The van der Waals surface area contributed by atoms with Crippen molar-refractivity contribution in [3.8, 4) is 0 Å². The largest absolute Gasteiger partial charge is 0.448 e. The molecule has 120 valence electrons. The summed E-state index contributed by atoms with van der Waals surface area (Å²) in [5.74, 6) is 1.01. The Morgan fingerprint density at radius 2 is 2.00 bits per heavy atom. The Labute approximate surface area is 126 Å². The first-order valence-corrected chi connectivity index (χ1v) is 7.63. The molecule has 1 saturated carbocycles. The highest BCUT2D eigenvalue weighted by Gasteiger charge is 2.51. The van der Waals surface area contributed by atoms with Crippen LogP contribution in [0.3, 0.4) is 0 Å². The van der Waals surface area contributed by atoms with E-state index >= 15 is 0 Å². The quantitative estimate of drug-likeness (QED) is 0.800. The third-order valence-electron chi connectivity index (χ3n) is 4.20. The van der Waals surface area contributed by atoms with E-state index in [4.69, 9.17) is 9.47 Å². The first kappa shape index (κ1) is 16.1. The van der Waals surface area contributed by atoms with E-state index in [1.54, 1.807) is 0 Å². The van der Waals surface area contributed by atoms with Crippen molar-refractivity contribution in [1.82, 2.24) is 9.80 Å². The smallest absolute Gasteiger partial charge is 0.420 e. The lowest BCUT2D eigenvalue weighted by Crippen LogP contribution is -2.43. The summed E-state index contributed by atoms with van der Waals surface area (Å²) in [7, 11) is 3.80. The minimum absolute atomic E-state index is 0.273. The van der Waals surface area contributed by atoms with Crippen LogP contribution in [0.1, 0.15) is 33.1 Å². The van der Waals surface area contributed by atoms with Crippen molar-refractivity contribution in [3.63, 3.8) is 0 Å². The highest BCUT2D eigenvalue weighted by Crippen LogP contribution is 2.42. The summed E-state index contributed by atoms with van der Waals surface area (Å²) >= 11 is 0. The zero-order valence-corrected chi connectivity index (χ0v) is 13.4. The van der Waals surface area contributed by atoms with Gasteiger partial charge in [-0.3, -0.25) is 0 Å². The highest BCUT2D eigenvalue weighted by molar-refractivity contribution is 5.89. The molecule has 3 atom stereocenters. The molecule has 0 N–H and O–H groups in total. The second kappa shape index (κ2) is 6.22. The van der Waals surface area contributed by atoms with Gasteiger partial charge in [-0.05, 0) is 45.2 Å². The van der Waals surface area contributed by atoms with E-state index in [0.29, 0.717) is 24.9 Å². The number of hydrogen-bond acceptors (Lipinski definition) is 5. The zero-order valence-electron chi connectivity index (χ0n) is 13.4. The highest BCUT2D eigenvalue weighted by atomic mass is 16.6.